The Morgan fingerprint density at radius 2 is 1.81 bits per heavy atom. The number of carbonyl (C=O) groups excluding carboxylic acids is 2. The summed E-state index contributed by atoms with van der Waals surface area (Å²) in [6, 6.07) is 9.11. The number of hydrogen-bond acceptors (Lipinski definition) is 6. The highest BCUT2D eigenvalue weighted by molar-refractivity contribution is 8.18. The third-order valence-electron chi connectivity index (χ3n) is 3.97. The van der Waals surface area contributed by atoms with Gasteiger partial charge in [-0.1, -0.05) is 30.3 Å². The Bertz CT molecular complexity index is 1110. The molecule has 1 fully saturated rings. The number of methoxy groups -OCH3 is 1. The molecule has 3 rings (SSSR count). The number of benzene rings is 2. The van der Waals surface area contributed by atoms with Gasteiger partial charge in [0.15, 0.2) is 5.17 Å². The lowest BCUT2D eigenvalue weighted by Crippen LogP contribution is -2.19. The Labute approximate surface area is 177 Å². The lowest BCUT2D eigenvalue weighted by molar-refractivity contribution is -0.140. The van der Waals surface area contributed by atoms with Gasteiger partial charge in [0.1, 0.15) is 5.82 Å². The van der Waals surface area contributed by atoms with Crippen LogP contribution in [0.2, 0.25) is 0 Å². The molecule has 0 unspecified atom stereocenters. The van der Waals surface area contributed by atoms with Crippen LogP contribution in [0.4, 0.5) is 17.6 Å². The first-order valence-electron chi connectivity index (χ1n) is 8.54. The molecule has 1 aliphatic rings. The second-order valence-electron chi connectivity index (χ2n) is 6.05. The van der Waals surface area contributed by atoms with E-state index in [-0.39, 0.29) is 15.6 Å². The molecule has 31 heavy (non-hydrogen) atoms. The van der Waals surface area contributed by atoms with Crippen LogP contribution < -0.4 is 5.32 Å². The summed E-state index contributed by atoms with van der Waals surface area (Å²) in [5.41, 5.74) is -0.0632. The van der Waals surface area contributed by atoms with Gasteiger partial charge in [0.25, 0.3) is 5.91 Å². The zero-order valence-corrected chi connectivity index (χ0v) is 16.6. The van der Waals surface area contributed by atoms with Gasteiger partial charge in [-0.05, 0) is 40.6 Å². The summed E-state index contributed by atoms with van der Waals surface area (Å²) in [4.78, 5) is 23.0. The molecule has 1 amide bonds. The molecule has 0 saturated carbocycles. The van der Waals surface area contributed by atoms with Gasteiger partial charge in [0.05, 0.1) is 23.8 Å². The van der Waals surface area contributed by atoms with Crippen LogP contribution in [0.15, 0.2) is 63.6 Å². The van der Waals surface area contributed by atoms with E-state index in [9.17, 15) is 27.2 Å². The summed E-state index contributed by atoms with van der Waals surface area (Å²) in [5.74, 6) is -2.52. The van der Waals surface area contributed by atoms with E-state index in [1.807, 2.05) is 0 Å². The fourth-order valence-corrected chi connectivity index (χ4v) is 3.21. The van der Waals surface area contributed by atoms with Gasteiger partial charge in [0, 0.05) is 6.08 Å². The van der Waals surface area contributed by atoms with Gasteiger partial charge < -0.3 is 4.74 Å². The van der Waals surface area contributed by atoms with E-state index >= 15 is 0 Å². The van der Waals surface area contributed by atoms with Gasteiger partial charge >= 0.3 is 12.1 Å². The number of amidine groups is 1. The number of nitrogens with one attached hydrogen (secondary N) is 1. The van der Waals surface area contributed by atoms with Crippen LogP contribution >= 0.6 is 11.8 Å². The Morgan fingerprint density at radius 3 is 2.45 bits per heavy atom. The van der Waals surface area contributed by atoms with Crippen molar-refractivity contribution in [2.24, 2.45) is 10.2 Å². The van der Waals surface area contributed by atoms with Crippen LogP contribution in [0, 0.1) is 5.82 Å². The van der Waals surface area contributed by atoms with Crippen molar-refractivity contribution in [3.8, 4) is 11.1 Å². The first kappa shape index (κ1) is 22.2. The van der Waals surface area contributed by atoms with E-state index in [0.717, 1.165) is 30.0 Å². The largest absolute Gasteiger partial charge is 0.466 e. The molecule has 1 N–H and O–H groups in total. The predicted molar refractivity (Wildman–Crippen MR) is 108 cm³/mol. The number of carbonyl (C=O) groups is 2. The van der Waals surface area contributed by atoms with Crippen molar-refractivity contribution in [2.75, 3.05) is 7.11 Å². The second-order valence-corrected chi connectivity index (χ2v) is 7.08. The number of halogens is 4. The van der Waals surface area contributed by atoms with Gasteiger partial charge in [-0.3, -0.25) is 10.1 Å². The van der Waals surface area contributed by atoms with Crippen LogP contribution in [0.5, 0.6) is 0 Å². The molecule has 0 aliphatic carbocycles. The van der Waals surface area contributed by atoms with Crippen molar-refractivity contribution in [1.29, 1.82) is 0 Å². The molecule has 1 aliphatic heterocycles. The molecule has 160 valence electrons. The average Bonchev–Trinajstić information content (AvgIpc) is 3.07. The molecule has 0 bridgehead atoms. The number of esters is 1. The minimum atomic E-state index is -4.79. The average molecular weight is 451 g/mol. The van der Waals surface area contributed by atoms with Crippen LogP contribution in [0.1, 0.15) is 11.1 Å². The summed E-state index contributed by atoms with van der Waals surface area (Å²) in [7, 11) is 1.19. The summed E-state index contributed by atoms with van der Waals surface area (Å²) >= 11 is 0.915. The van der Waals surface area contributed by atoms with Crippen LogP contribution in [0.3, 0.4) is 0 Å². The molecular weight excluding hydrogens is 438 g/mol. The molecule has 0 radical (unpaired) electrons. The molecule has 0 aromatic heterocycles. The Kier molecular flexibility index (Phi) is 6.54. The number of nitrogens with zero attached hydrogens (tertiary/aromatic N) is 2. The molecule has 2 aromatic carbocycles. The summed E-state index contributed by atoms with van der Waals surface area (Å²) in [6.07, 6.45) is -2.38. The van der Waals surface area contributed by atoms with Crippen LogP contribution in [-0.4, -0.2) is 30.4 Å². The zero-order chi connectivity index (χ0) is 22.6. The maximum absolute atomic E-state index is 13.4. The monoisotopic (exact) mass is 451 g/mol. The Morgan fingerprint density at radius 1 is 1.13 bits per heavy atom. The highest BCUT2D eigenvalue weighted by Gasteiger charge is 2.34. The number of amides is 1. The summed E-state index contributed by atoms with van der Waals surface area (Å²) < 4.78 is 56.5. The summed E-state index contributed by atoms with van der Waals surface area (Å²) in [5, 5.41) is 10.3. The van der Waals surface area contributed by atoms with Crippen molar-refractivity contribution in [3.63, 3.8) is 0 Å². The number of rotatable bonds is 4. The molecule has 1 saturated heterocycles. The van der Waals surface area contributed by atoms with E-state index < -0.39 is 29.4 Å². The quantitative estimate of drug-likeness (QED) is 0.249. The third-order valence-corrected chi connectivity index (χ3v) is 4.87. The third kappa shape index (κ3) is 5.57. The van der Waals surface area contributed by atoms with Crippen molar-refractivity contribution in [3.05, 3.63) is 70.4 Å². The highest BCUT2D eigenvalue weighted by Crippen LogP contribution is 2.34. The predicted octanol–water partition coefficient (Wildman–Crippen LogP) is 4.12. The fourth-order valence-electron chi connectivity index (χ4n) is 2.47. The number of alkyl halides is 3. The van der Waals surface area contributed by atoms with Gasteiger partial charge in [0.2, 0.25) is 0 Å². The van der Waals surface area contributed by atoms with E-state index in [1.54, 1.807) is 24.3 Å². The first-order chi connectivity index (χ1) is 14.7. The fraction of sp³-hybridized carbons (Fsp3) is 0.100. The molecular formula is C20H13F4N3O3S. The van der Waals surface area contributed by atoms with Gasteiger partial charge in [-0.25, -0.2) is 9.18 Å². The highest BCUT2D eigenvalue weighted by atomic mass is 32.2. The van der Waals surface area contributed by atoms with Crippen molar-refractivity contribution >= 4 is 35.0 Å². The summed E-state index contributed by atoms with van der Waals surface area (Å²) in [6.45, 7) is 0. The van der Waals surface area contributed by atoms with E-state index in [4.69, 9.17) is 0 Å². The molecule has 0 spiro atoms. The lowest BCUT2D eigenvalue weighted by atomic mass is 10.0. The first-order valence-corrected chi connectivity index (χ1v) is 9.36. The molecule has 11 heteroatoms. The van der Waals surface area contributed by atoms with E-state index in [2.05, 4.69) is 20.3 Å². The standard InChI is InChI=1S/C20H13F4N3O3S/c1-30-17(28)9-16-18(29)26-19(31-16)27-25-10-11-2-4-12(5-3-11)13-6-7-15(21)14(8-13)20(22,23)24/h2-10H,1H3,(H,26,27,29)/b16-9+,25-10?. The Balaban J connectivity index is 1.71. The molecule has 2 aromatic rings. The zero-order valence-electron chi connectivity index (χ0n) is 15.7. The second kappa shape index (κ2) is 9.13. The molecule has 0 atom stereocenters. The minimum absolute atomic E-state index is 0.114. The van der Waals surface area contributed by atoms with E-state index in [0.29, 0.717) is 11.1 Å². The molecule has 6 nitrogen and oxygen atoms in total. The SMILES string of the molecule is COC(=O)/C=C1/S/C(=N\N=Cc2ccc(-c3ccc(F)c(C(F)(F)F)c3)cc2)NC1=O. The van der Waals surface area contributed by atoms with E-state index in [1.165, 1.54) is 19.4 Å². The van der Waals surface area contributed by atoms with Crippen LogP contribution in [0.25, 0.3) is 11.1 Å². The minimum Gasteiger partial charge on any atom is -0.466 e. The van der Waals surface area contributed by atoms with Crippen molar-refractivity contribution < 1.29 is 31.9 Å². The van der Waals surface area contributed by atoms with Crippen LogP contribution in [-0.2, 0) is 20.5 Å². The number of thioether (sulfide) groups is 1. The molecule has 1 heterocycles. The van der Waals surface area contributed by atoms with Gasteiger partial charge in [-0.2, -0.15) is 18.3 Å². The smallest absolute Gasteiger partial charge is 0.419 e. The maximum Gasteiger partial charge on any atom is 0.419 e. The van der Waals surface area contributed by atoms with Crippen molar-refractivity contribution in [1.82, 2.24) is 5.32 Å². The topological polar surface area (TPSA) is 80.1 Å². The van der Waals surface area contributed by atoms with Crippen molar-refractivity contribution in [2.45, 2.75) is 6.18 Å². The normalized spacial score (nSPS) is 16.9. The number of hydrogen-bond donors (Lipinski definition) is 1. The van der Waals surface area contributed by atoms with Gasteiger partial charge in [-0.15, -0.1) is 5.10 Å². The maximum atomic E-state index is 13.4. The Hall–Kier alpha value is -3.47. The number of ether oxygens (including phenoxy) is 1. The lowest BCUT2D eigenvalue weighted by Gasteiger charge is -2.10.